The third kappa shape index (κ3) is 1.85. The second-order valence-corrected chi connectivity index (χ2v) is 5.54. The molecule has 2 aliphatic carbocycles. The van der Waals surface area contributed by atoms with Crippen LogP contribution in [0.2, 0.25) is 0 Å². The largest absolute Gasteiger partial charge is 0.497 e. The number of fused-ring (bicyclic) bond motifs is 1. The average molecular weight is 232 g/mol. The highest BCUT2D eigenvalue weighted by molar-refractivity contribution is 5.38. The van der Waals surface area contributed by atoms with Crippen LogP contribution in [0, 0.1) is 5.92 Å². The van der Waals surface area contributed by atoms with Gasteiger partial charge in [0.25, 0.3) is 0 Å². The number of ether oxygens (including phenoxy) is 1. The predicted octanol–water partition coefficient (Wildman–Crippen LogP) is 2.72. The van der Waals surface area contributed by atoms with E-state index >= 15 is 0 Å². The van der Waals surface area contributed by atoms with E-state index in [0.29, 0.717) is 5.92 Å². The topological polar surface area (TPSA) is 29.5 Å². The van der Waals surface area contributed by atoms with Crippen LogP contribution in [0.15, 0.2) is 18.2 Å². The molecule has 0 aliphatic heterocycles. The average Bonchev–Trinajstić information content (AvgIpc) is 2.25. The van der Waals surface area contributed by atoms with E-state index in [9.17, 15) is 5.11 Å². The Labute approximate surface area is 103 Å². The van der Waals surface area contributed by atoms with Crippen LogP contribution in [0.25, 0.3) is 0 Å². The summed E-state index contributed by atoms with van der Waals surface area (Å²) in [5.41, 5.74) is 2.22. The molecule has 92 valence electrons. The number of aliphatic hydroxyl groups is 1. The normalized spacial score (nSPS) is 28.4. The quantitative estimate of drug-likeness (QED) is 0.849. The summed E-state index contributed by atoms with van der Waals surface area (Å²) in [5, 5.41) is 10.8. The van der Waals surface area contributed by atoms with Crippen molar-refractivity contribution in [3.05, 3.63) is 29.3 Å². The first kappa shape index (κ1) is 11.1. The van der Waals surface area contributed by atoms with Crippen molar-refractivity contribution < 1.29 is 9.84 Å². The number of methoxy groups -OCH3 is 1. The van der Waals surface area contributed by atoms with E-state index in [1.165, 1.54) is 30.4 Å². The smallest absolute Gasteiger partial charge is 0.119 e. The Morgan fingerprint density at radius 1 is 1.29 bits per heavy atom. The van der Waals surface area contributed by atoms with Gasteiger partial charge < -0.3 is 9.84 Å². The zero-order valence-corrected chi connectivity index (χ0v) is 10.4. The highest BCUT2D eigenvalue weighted by Gasteiger charge is 2.42. The van der Waals surface area contributed by atoms with Crippen molar-refractivity contribution in [2.45, 2.75) is 44.1 Å². The Kier molecular flexibility index (Phi) is 2.62. The fourth-order valence-corrected chi connectivity index (χ4v) is 3.20. The van der Waals surface area contributed by atoms with Crippen molar-refractivity contribution in [1.29, 1.82) is 0 Å². The molecule has 2 heteroatoms. The van der Waals surface area contributed by atoms with Crippen LogP contribution >= 0.6 is 0 Å². The van der Waals surface area contributed by atoms with Gasteiger partial charge in [-0.2, -0.15) is 0 Å². The zero-order chi connectivity index (χ0) is 11.9. The number of hydrogen-bond acceptors (Lipinski definition) is 2. The van der Waals surface area contributed by atoms with Gasteiger partial charge in [0.1, 0.15) is 5.75 Å². The fourth-order valence-electron chi connectivity index (χ4n) is 3.20. The van der Waals surface area contributed by atoms with Gasteiger partial charge in [0.05, 0.1) is 12.7 Å². The molecular formula is C15H20O2. The predicted molar refractivity (Wildman–Crippen MR) is 67.3 cm³/mol. The molecule has 0 radical (unpaired) electrons. The summed E-state index contributed by atoms with van der Waals surface area (Å²) < 4.78 is 5.27. The van der Waals surface area contributed by atoms with Crippen LogP contribution in [-0.2, 0) is 12.8 Å². The maximum Gasteiger partial charge on any atom is 0.119 e. The number of aryl methyl sites for hydroxylation is 1. The monoisotopic (exact) mass is 232 g/mol. The van der Waals surface area contributed by atoms with E-state index in [-0.39, 0.29) is 0 Å². The van der Waals surface area contributed by atoms with Gasteiger partial charge in [-0.3, -0.25) is 0 Å². The Hall–Kier alpha value is -1.02. The van der Waals surface area contributed by atoms with Gasteiger partial charge in [-0.05, 0) is 54.9 Å². The summed E-state index contributed by atoms with van der Waals surface area (Å²) in [4.78, 5) is 0. The molecule has 2 aliphatic rings. The van der Waals surface area contributed by atoms with Gasteiger partial charge in [-0.25, -0.2) is 0 Å². The van der Waals surface area contributed by atoms with Crippen molar-refractivity contribution in [3.8, 4) is 5.75 Å². The van der Waals surface area contributed by atoms with Gasteiger partial charge in [0.2, 0.25) is 0 Å². The van der Waals surface area contributed by atoms with Crippen molar-refractivity contribution >= 4 is 0 Å². The first-order valence-corrected chi connectivity index (χ1v) is 6.59. The molecule has 0 amide bonds. The minimum atomic E-state index is -0.447. The van der Waals surface area contributed by atoms with Crippen LogP contribution < -0.4 is 4.74 Å². The maximum atomic E-state index is 10.8. The third-order valence-corrected chi connectivity index (χ3v) is 4.60. The summed E-state index contributed by atoms with van der Waals surface area (Å²) in [6.45, 7) is 0. The maximum absolute atomic E-state index is 10.8. The Morgan fingerprint density at radius 3 is 2.76 bits per heavy atom. The van der Waals surface area contributed by atoms with Crippen molar-refractivity contribution in [2.24, 2.45) is 5.92 Å². The highest BCUT2D eigenvalue weighted by atomic mass is 16.5. The van der Waals surface area contributed by atoms with Crippen LogP contribution in [0.5, 0.6) is 5.75 Å². The molecule has 1 aromatic carbocycles. The van der Waals surface area contributed by atoms with Gasteiger partial charge in [0, 0.05) is 6.42 Å². The second-order valence-electron chi connectivity index (χ2n) is 5.54. The van der Waals surface area contributed by atoms with Crippen molar-refractivity contribution in [2.75, 3.05) is 7.11 Å². The second kappa shape index (κ2) is 4.02. The zero-order valence-electron chi connectivity index (χ0n) is 10.4. The first-order valence-electron chi connectivity index (χ1n) is 6.59. The van der Waals surface area contributed by atoms with E-state index in [4.69, 9.17) is 4.74 Å². The lowest BCUT2D eigenvalue weighted by Crippen LogP contribution is -2.46. The SMILES string of the molecule is COc1ccc2c(c1)CC(O)(C1CCC1)CC2. The van der Waals surface area contributed by atoms with E-state index < -0.39 is 5.60 Å². The van der Waals surface area contributed by atoms with Crippen molar-refractivity contribution in [1.82, 2.24) is 0 Å². The number of benzene rings is 1. The first-order chi connectivity index (χ1) is 8.21. The van der Waals surface area contributed by atoms with Crippen LogP contribution in [0.1, 0.15) is 36.8 Å². The van der Waals surface area contributed by atoms with Gasteiger partial charge >= 0.3 is 0 Å². The van der Waals surface area contributed by atoms with Gasteiger partial charge in [-0.15, -0.1) is 0 Å². The molecule has 2 nitrogen and oxygen atoms in total. The lowest BCUT2D eigenvalue weighted by molar-refractivity contribution is -0.0603. The molecule has 1 unspecified atom stereocenters. The summed E-state index contributed by atoms with van der Waals surface area (Å²) in [6.07, 6.45) is 6.44. The lowest BCUT2D eigenvalue weighted by Gasteiger charge is -2.44. The lowest BCUT2D eigenvalue weighted by atomic mass is 9.65. The minimum Gasteiger partial charge on any atom is -0.497 e. The van der Waals surface area contributed by atoms with E-state index in [2.05, 4.69) is 12.1 Å². The van der Waals surface area contributed by atoms with Crippen LogP contribution in [0.3, 0.4) is 0 Å². The van der Waals surface area contributed by atoms with E-state index in [1.54, 1.807) is 7.11 Å². The van der Waals surface area contributed by atoms with E-state index in [1.807, 2.05) is 6.07 Å². The Balaban J connectivity index is 1.87. The molecular weight excluding hydrogens is 212 g/mol. The van der Waals surface area contributed by atoms with E-state index in [0.717, 1.165) is 25.0 Å². The molecule has 1 atom stereocenters. The summed E-state index contributed by atoms with van der Waals surface area (Å²) in [7, 11) is 1.70. The molecule has 1 aromatic rings. The molecule has 0 aromatic heterocycles. The number of hydrogen-bond donors (Lipinski definition) is 1. The summed E-state index contributed by atoms with van der Waals surface area (Å²) in [5.74, 6) is 1.43. The minimum absolute atomic E-state index is 0.447. The molecule has 17 heavy (non-hydrogen) atoms. The van der Waals surface area contributed by atoms with Gasteiger partial charge in [-0.1, -0.05) is 12.5 Å². The fraction of sp³-hybridized carbons (Fsp3) is 0.600. The molecule has 0 saturated heterocycles. The third-order valence-electron chi connectivity index (χ3n) is 4.60. The standard InChI is InChI=1S/C15H20O2/c1-17-14-6-5-11-7-8-15(16,10-12(11)9-14)13-3-2-4-13/h5-6,9,13,16H,2-4,7-8,10H2,1H3. The molecule has 0 spiro atoms. The summed E-state index contributed by atoms with van der Waals surface area (Å²) in [6, 6.07) is 6.26. The molecule has 1 saturated carbocycles. The molecule has 0 heterocycles. The van der Waals surface area contributed by atoms with Crippen molar-refractivity contribution in [3.63, 3.8) is 0 Å². The Bertz CT molecular complexity index is 423. The number of rotatable bonds is 2. The molecule has 0 bridgehead atoms. The Morgan fingerprint density at radius 2 is 2.12 bits per heavy atom. The van der Waals surface area contributed by atoms with Gasteiger partial charge in [0.15, 0.2) is 0 Å². The highest BCUT2D eigenvalue weighted by Crippen LogP contribution is 2.43. The van der Waals surface area contributed by atoms with Crippen LogP contribution in [-0.4, -0.2) is 17.8 Å². The molecule has 1 N–H and O–H groups in total. The molecule has 1 fully saturated rings. The molecule has 3 rings (SSSR count). The summed E-state index contributed by atoms with van der Waals surface area (Å²) >= 11 is 0. The van der Waals surface area contributed by atoms with Crippen LogP contribution in [0.4, 0.5) is 0 Å².